The van der Waals surface area contributed by atoms with Crippen LogP contribution in [-0.4, -0.2) is 31.3 Å². The second-order valence-corrected chi connectivity index (χ2v) is 5.46. The molecule has 0 aliphatic heterocycles. The smallest absolute Gasteiger partial charge is 0.315 e. The van der Waals surface area contributed by atoms with Crippen molar-refractivity contribution >= 4 is 17.5 Å². The number of hydrogen-bond acceptors (Lipinski definition) is 6. The second-order valence-electron chi connectivity index (χ2n) is 5.46. The lowest BCUT2D eigenvalue weighted by Crippen LogP contribution is -2.15. The second kappa shape index (κ2) is 6.19. The molecule has 1 aromatic carbocycles. The van der Waals surface area contributed by atoms with Crippen LogP contribution in [0.2, 0.25) is 0 Å². The number of ether oxygens (including phenoxy) is 1. The fourth-order valence-electron chi connectivity index (χ4n) is 2.48. The standard InChI is InChI=1S/C17H16N4O3/c1-10-15(11(2)21-17(20-10)18-9-19-21)8-16(23)24-14-6-4-13(5-7-14)12(3)22/h4-7,9H,8H2,1-3H3. The largest absolute Gasteiger partial charge is 0.426 e. The zero-order valence-electron chi connectivity index (χ0n) is 13.6. The molecule has 122 valence electrons. The Balaban J connectivity index is 1.78. The molecule has 7 heteroatoms. The van der Waals surface area contributed by atoms with Gasteiger partial charge in [0.25, 0.3) is 5.78 Å². The van der Waals surface area contributed by atoms with Crippen molar-refractivity contribution in [1.82, 2.24) is 19.6 Å². The minimum absolute atomic E-state index is 0.0358. The van der Waals surface area contributed by atoms with E-state index in [0.717, 1.165) is 17.0 Å². The van der Waals surface area contributed by atoms with E-state index in [1.165, 1.54) is 13.3 Å². The summed E-state index contributed by atoms with van der Waals surface area (Å²) < 4.78 is 6.93. The molecular formula is C17H16N4O3. The summed E-state index contributed by atoms with van der Waals surface area (Å²) in [6, 6.07) is 6.47. The fraction of sp³-hybridized carbons (Fsp3) is 0.235. The molecule has 0 unspecified atom stereocenters. The van der Waals surface area contributed by atoms with Gasteiger partial charge in [-0.3, -0.25) is 9.59 Å². The number of Topliss-reactive ketones (excluding diaryl/α,β-unsaturated/α-hetero) is 1. The average molecular weight is 324 g/mol. The Morgan fingerprint density at radius 3 is 2.54 bits per heavy atom. The number of carbonyl (C=O) groups excluding carboxylic acids is 2. The molecule has 2 aromatic heterocycles. The van der Waals surface area contributed by atoms with Crippen molar-refractivity contribution in [2.75, 3.05) is 0 Å². The first-order valence-corrected chi connectivity index (χ1v) is 7.43. The summed E-state index contributed by atoms with van der Waals surface area (Å²) in [6.45, 7) is 5.17. The van der Waals surface area contributed by atoms with Gasteiger partial charge in [-0.05, 0) is 45.0 Å². The van der Waals surface area contributed by atoms with Crippen LogP contribution in [0.4, 0.5) is 0 Å². The molecule has 0 bridgehead atoms. The summed E-state index contributed by atoms with van der Waals surface area (Å²) >= 11 is 0. The van der Waals surface area contributed by atoms with Crippen molar-refractivity contribution in [2.24, 2.45) is 0 Å². The minimum atomic E-state index is -0.405. The number of fused-ring (bicyclic) bond motifs is 1. The van der Waals surface area contributed by atoms with Crippen molar-refractivity contribution in [2.45, 2.75) is 27.2 Å². The van der Waals surface area contributed by atoms with Crippen molar-refractivity contribution in [3.63, 3.8) is 0 Å². The molecule has 24 heavy (non-hydrogen) atoms. The number of nitrogens with zero attached hydrogens (tertiary/aromatic N) is 4. The summed E-state index contributed by atoms with van der Waals surface area (Å²) in [5.74, 6) is 0.460. The van der Waals surface area contributed by atoms with E-state index in [0.29, 0.717) is 17.1 Å². The number of aromatic nitrogens is 4. The zero-order valence-corrected chi connectivity index (χ0v) is 13.6. The van der Waals surface area contributed by atoms with Crippen LogP contribution >= 0.6 is 0 Å². The molecule has 7 nitrogen and oxygen atoms in total. The summed E-state index contributed by atoms with van der Waals surface area (Å²) in [4.78, 5) is 31.8. The van der Waals surface area contributed by atoms with Gasteiger partial charge >= 0.3 is 5.97 Å². The monoisotopic (exact) mass is 324 g/mol. The molecule has 0 fully saturated rings. The first-order chi connectivity index (χ1) is 11.5. The lowest BCUT2D eigenvalue weighted by molar-refractivity contribution is -0.133. The minimum Gasteiger partial charge on any atom is -0.426 e. The van der Waals surface area contributed by atoms with Gasteiger partial charge in [0.2, 0.25) is 0 Å². The zero-order chi connectivity index (χ0) is 17.3. The Hall–Kier alpha value is -3.09. The van der Waals surface area contributed by atoms with Gasteiger partial charge in [-0.25, -0.2) is 9.50 Å². The Morgan fingerprint density at radius 2 is 1.88 bits per heavy atom. The molecule has 2 heterocycles. The predicted molar refractivity (Wildman–Crippen MR) is 86.0 cm³/mol. The summed E-state index contributed by atoms with van der Waals surface area (Å²) in [6.07, 6.45) is 1.50. The van der Waals surface area contributed by atoms with E-state index in [2.05, 4.69) is 15.1 Å². The van der Waals surface area contributed by atoms with Crippen molar-refractivity contribution in [1.29, 1.82) is 0 Å². The number of esters is 1. The molecule has 0 amide bonds. The first kappa shape index (κ1) is 15.8. The number of ketones is 1. The third-order valence-corrected chi connectivity index (χ3v) is 3.80. The Morgan fingerprint density at radius 1 is 1.17 bits per heavy atom. The molecule has 0 aliphatic rings. The molecule has 0 spiro atoms. The average Bonchev–Trinajstić information content (AvgIpc) is 3.00. The van der Waals surface area contributed by atoms with E-state index in [-0.39, 0.29) is 12.2 Å². The number of rotatable bonds is 4. The van der Waals surface area contributed by atoms with E-state index in [1.54, 1.807) is 28.8 Å². The van der Waals surface area contributed by atoms with Gasteiger partial charge in [-0.1, -0.05) is 0 Å². The lowest BCUT2D eigenvalue weighted by atomic mass is 10.1. The number of benzene rings is 1. The number of aryl methyl sites for hydroxylation is 2. The fourth-order valence-corrected chi connectivity index (χ4v) is 2.48. The third-order valence-electron chi connectivity index (χ3n) is 3.80. The highest BCUT2D eigenvalue weighted by Gasteiger charge is 2.15. The van der Waals surface area contributed by atoms with Crippen molar-refractivity contribution < 1.29 is 14.3 Å². The van der Waals surface area contributed by atoms with E-state index in [4.69, 9.17) is 4.74 Å². The highest BCUT2D eigenvalue weighted by molar-refractivity contribution is 5.94. The van der Waals surface area contributed by atoms with Crippen LogP contribution < -0.4 is 4.74 Å². The van der Waals surface area contributed by atoms with E-state index in [1.807, 2.05) is 13.8 Å². The van der Waals surface area contributed by atoms with Gasteiger partial charge in [0.1, 0.15) is 12.1 Å². The molecule has 0 saturated heterocycles. The van der Waals surface area contributed by atoms with Crippen molar-refractivity contribution in [3.8, 4) is 5.75 Å². The van der Waals surface area contributed by atoms with Gasteiger partial charge in [-0.15, -0.1) is 0 Å². The van der Waals surface area contributed by atoms with E-state index >= 15 is 0 Å². The molecule has 0 atom stereocenters. The van der Waals surface area contributed by atoms with Crippen LogP contribution in [0.15, 0.2) is 30.6 Å². The molecule has 3 aromatic rings. The summed E-state index contributed by atoms with van der Waals surface area (Å²) in [7, 11) is 0. The first-order valence-electron chi connectivity index (χ1n) is 7.43. The maximum Gasteiger partial charge on any atom is 0.315 e. The topological polar surface area (TPSA) is 86.5 Å². The lowest BCUT2D eigenvalue weighted by Gasteiger charge is -2.10. The summed E-state index contributed by atoms with van der Waals surface area (Å²) in [5, 5.41) is 4.10. The summed E-state index contributed by atoms with van der Waals surface area (Å²) in [5.41, 5.74) is 2.86. The number of carbonyl (C=O) groups is 2. The van der Waals surface area contributed by atoms with Crippen LogP contribution in [-0.2, 0) is 11.2 Å². The molecule has 0 aliphatic carbocycles. The third kappa shape index (κ3) is 3.01. The van der Waals surface area contributed by atoms with Gasteiger partial charge < -0.3 is 4.74 Å². The molecule has 0 N–H and O–H groups in total. The van der Waals surface area contributed by atoms with E-state index in [9.17, 15) is 9.59 Å². The van der Waals surface area contributed by atoms with Gasteiger partial charge in [-0.2, -0.15) is 10.1 Å². The molecular weight excluding hydrogens is 308 g/mol. The van der Waals surface area contributed by atoms with Crippen LogP contribution in [0.3, 0.4) is 0 Å². The Bertz CT molecular complexity index is 929. The Labute approximate surface area is 138 Å². The Kier molecular flexibility index (Phi) is 4.07. The van der Waals surface area contributed by atoms with Gasteiger partial charge in [0.15, 0.2) is 5.78 Å². The highest BCUT2D eigenvalue weighted by Crippen LogP contribution is 2.17. The normalized spacial score (nSPS) is 10.8. The maximum absolute atomic E-state index is 12.2. The van der Waals surface area contributed by atoms with Gasteiger partial charge in [0.05, 0.1) is 6.42 Å². The molecule has 0 saturated carbocycles. The molecule has 0 radical (unpaired) electrons. The van der Waals surface area contributed by atoms with E-state index < -0.39 is 5.97 Å². The van der Waals surface area contributed by atoms with Crippen molar-refractivity contribution in [3.05, 3.63) is 53.1 Å². The SMILES string of the molecule is CC(=O)c1ccc(OC(=O)Cc2c(C)nc3ncnn3c2C)cc1. The van der Waals surface area contributed by atoms with Crippen LogP contribution in [0.5, 0.6) is 5.75 Å². The van der Waals surface area contributed by atoms with Crippen LogP contribution in [0, 0.1) is 13.8 Å². The van der Waals surface area contributed by atoms with Gasteiger partial charge in [0, 0.05) is 22.5 Å². The van der Waals surface area contributed by atoms with Crippen LogP contribution in [0.1, 0.15) is 34.2 Å². The van der Waals surface area contributed by atoms with Crippen LogP contribution in [0.25, 0.3) is 5.78 Å². The molecule has 3 rings (SSSR count). The maximum atomic E-state index is 12.2. The predicted octanol–water partition coefficient (Wildman–Crippen LogP) is 2.09. The number of hydrogen-bond donors (Lipinski definition) is 0. The quantitative estimate of drug-likeness (QED) is 0.415. The highest BCUT2D eigenvalue weighted by atomic mass is 16.5.